The molecule has 0 amide bonds. The second-order valence-electron chi connectivity index (χ2n) is 5.22. The summed E-state index contributed by atoms with van der Waals surface area (Å²) in [7, 11) is 0. The topological polar surface area (TPSA) is 61.0 Å². The summed E-state index contributed by atoms with van der Waals surface area (Å²) in [6.07, 6.45) is 0. The highest BCUT2D eigenvalue weighted by molar-refractivity contribution is 7.07. The van der Waals surface area contributed by atoms with Crippen molar-refractivity contribution in [3.8, 4) is 10.9 Å². The lowest BCUT2D eigenvalue weighted by atomic mass is 9.96. The molecular formula is C13H17N3OS. The van der Waals surface area contributed by atoms with Crippen LogP contribution in [0.2, 0.25) is 0 Å². The van der Waals surface area contributed by atoms with Crippen LogP contribution in [0.3, 0.4) is 0 Å². The van der Waals surface area contributed by atoms with Crippen LogP contribution in [0.25, 0.3) is 0 Å². The number of nitrogens with zero attached hydrogens (tertiary/aromatic N) is 2. The van der Waals surface area contributed by atoms with Gasteiger partial charge in [0, 0.05) is 16.9 Å². The van der Waals surface area contributed by atoms with E-state index in [1.54, 1.807) is 0 Å². The van der Waals surface area contributed by atoms with Gasteiger partial charge in [0.2, 0.25) is 0 Å². The van der Waals surface area contributed by atoms with Crippen LogP contribution in [0.5, 0.6) is 10.9 Å². The number of aryl methyl sites for hydroxylation is 1. The quantitative estimate of drug-likeness (QED) is 0.842. The molecule has 2 aromatic rings. The monoisotopic (exact) mass is 263 g/mol. The number of rotatable bonds is 2. The van der Waals surface area contributed by atoms with Gasteiger partial charge >= 0.3 is 0 Å². The lowest BCUT2D eigenvalue weighted by molar-refractivity contribution is 0.470. The lowest BCUT2D eigenvalue weighted by Gasteiger charge is -2.12. The highest BCUT2D eigenvalue weighted by atomic mass is 32.1. The number of anilines is 1. The van der Waals surface area contributed by atoms with Gasteiger partial charge in [0.1, 0.15) is 0 Å². The Kier molecular flexibility index (Phi) is 3.26. The van der Waals surface area contributed by atoms with Crippen LogP contribution in [0.4, 0.5) is 5.69 Å². The summed E-state index contributed by atoms with van der Waals surface area (Å²) in [6.45, 7) is 8.16. The Hall–Kier alpha value is -1.62. The van der Waals surface area contributed by atoms with E-state index in [0.717, 1.165) is 11.4 Å². The van der Waals surface area contributed by atoms with Crippen molar-refractivity contribution in [3.05, 3.63) is 29.6 Å². The first-order chi connectivity index (χ1) is 8.38. The van der Waals surface area contributed by atoms with Crippen LogP contribution in [-0.4, -0.2) is 9.36 Å². The fourth-order valence-electron chi connectivity index (χ4n) is 1.39. The van der Waals surface area contributed by atoms with Gasteiger partial charge in [-0.05, 0) is 18.6 Å². The Morgan fingerprint density at radius 1 is 1.28 bits per heavy atom. The maximum Gasteiger partial charge on any atom is 0.298 e. The lowest BCUT2D eigenvalue weighted by Crippen LogP contribution is -2.12. The average Bonchev–Trinajstić information content (AvgIpc) is 2.73. The standard InChI is InChI=1S/C13H17N3OS/c1-8-6-5-7-9(10(8)14)17-12-15-11(16-18-12)13(2,3)4/h5-7H,14H2,1-4H3. The molecule has 0 bridgehead atoms. The maximum absolute atomic E-state index is 5.95. The van der Waals surface area contributed by atoms with Crippen LogP contribution in [-0.2, 0) is 5.41 Å². The summed E-state index contributed by atoms with van der Waals surface area (Å²) in [5.74, 6) is 1.42. The van der Waals surface area contributed by atoms with Crippen molar-refractivity contribution in [1.29, 1.82) is 0 Å². The highest BCUT2D eigenvalue weighted by Gasteiger charge is 2.20. The van der Waals surface area contributed by atoms with Gasteiger partial charge in [-0.15, -0.1) is 0 Å². The Labute approximate surface area is 111 Å². The van der Waals surface area contributed by atoms with E-state index in [1.807, 2.05) is 25.1 Å². The summed E-state index contributed by atoms with van der Waals surface area (Å²) >= 11 is 1.25. The second kappa shape index (κ2) is 4.57. The smallest absolute Gasteiger partial charge is 0.298 e. The van der Waals surface area contributed by atoms with Crippen LogP contribution in [0, 0.1) is 6.92 Å². The zero-order chi connectivity index (χ0) is 13.3. The van der Waals surface area contributed by atoms with E-state index >= 15 is 0 Å². The summed E-state index contributed by atoms with van der Waals surface area (Å²) in [4.78, 5) is 4.38. The molecule has 18 heavy (non-hydrogen) atoms. The number of hydrogen-bond acceptors (Lipinski definition) is 5. The first kappa shape index (κ1) is 12.8. The Bertz CT molecular complexity index is 558. The van der Waals surface area contributed by atoms with Crippen LogP contribution >= 0.6 is 11.5 Å². The molecule has 0 aliphatic rings. The molecule has 0 atom stereocenters. The molecule has 0 aliphatic carbocycles. The number of hydrogen-bond donors (Lipinski definition) is 1. The fourth-order valence-corrected chi connectivity index (χ4v) is 2.13. The number of aromatic nitrogens is 2. The maximum atomic E-state index is 5.95. The largest absolute Gasteiger partial charge is 0.428 e. The van der Waals surface area contributed by atoms with Gasteiger partial charge in [-0.25, -0.2) is 0 Å². The Balaban J connectivity index is 2.24. The van der Waals surface area contributed by atoms with E-state index in [-0.39, 0.29) is 5.41 Å². The van der Waals surface area contributed by atoms with Crippen molar-refractivity contribution in [2.75, 3.05) is 5.73 Å². The summed E-state index contributed by atoms with van der Waals surface area (Å²) in [6, 6.07) is 5.69. The molecular weight excluding hydrogens is 246 g/mol. The normalized spacial score (nSPS) is 11.6. The third-order valence-corrected chi connectivity index (χ3v) is 3.15. The number of benzene rings is 1. The molecule has 2 N–H and O–H groups in total. The van der Waals surface area contributed by atoms with E-state index in [9.17, 15) is 0 Å². The molecule has 0 saturated heterocycles. The molecule has 0 unspecified atom stereocenters. The van der Waals surface area contributed by atoms with Crippen molar-refractivity contribution in [3.63, 3.8) is 0 Å². The molecule has 5 heteroatoms. The Morgan fingerprint density at radius 3 is 2.61 bits per heavy atom. The summed E-state index contributed by atoms with van der Waals surface area (Å²) in [5, 5.41) is 0.525. The molecule has 2 rings (SSSR count). The third kappa shape index (κ3) is 2.61. The Morgan fingerprint density at radius 2 is 2.00 bits per heavy atom. The zero-order valence-corrected chi connectivity index (χ0v) is 11.8. The SMILES string of the molecule is Cc1cccc(Oc2nc(C(C)(C)C)ns2)c1N. The second-order valence-corrected chi connectivity index (χ2v) is 5.94. The van der Waals surface area contributed by atoms with Crippen molar-refractivity contribution in [2.24, 2.45) is 0 Å². The van der Waals surface area contributed by atoms with Gasteiger partial charge in [-0.3, -0.25) is 0 Å². The van der Waals surface area contributed by atoms with E-state index < -0.39 is 0 Å². The molecule has 0 aliphatic heterocycles. The molecule has 4 nitrogen and oxygen atoms in total. The van der Waals surface area contributed by atoms with Gasteiger partial charge in [-0.1, -0.05) is 32.9 Å². The van der Waals surface area contributed by atoms with Gasteiger partial charge in [0.25, 0.3) is 5.19 Å². The van der Waals surface area contributed by atoms with Gasteiger partial charge in [0.15, 0.2) is 11.6 Å². The van der Waals surface area contributed by atoms with Gasteiger partial charge < -0.3 is 10.5 Å². The zero-order valence-electron chi connectivity index (χ0n) is 11.0. The first-order valence-electron chi connectivity index (χ1n) is 5.75. The number of nitrogens with two attached hydrogens (primary N) is 1. The minimum atomic E-state index is -0.0732. The highest BCUT2D eigenvalue weighted by Crippen LogP contribution is 2.32. The molecule has 0 radical (unpaired) electrons. The summed E-state index contributed by atoms with van der Waals surface area (Å²) in [5.41, 5.74) is 7.52. The predicted molar refractivity (Wildman–Crippen MR) is 74.3 cm³/mol. The molecule has 0 fully saturated rings. The van der Waals surface area contributed by atoms with E-state index in [2.05, 4.69) is 30.1 Å². The predicted octanol–water partition coefficient (Wildman–Crippen LogP) is 3.52. The third-order valence-electron chi connectivity index (χ3n) is 2.56. The number of para-hydroxylation sites is 1. The molecule has 1 aromatic carbocycles. The average molecular weight is 263 g/mol. The van der Waals surface area contributed by atoms with Crippen molar-refractivity contribution < 1.29 is 4.74 Å². The molecule has 0 spiro atoms. The van der Waals surface area contributed by atoms with Gasteiger partial charge in [-0.2, -0.15) is 9.36 Å². The molecule has 1 aromatic heterocycles. The van der Waals surface area contributed by atoms with Crippen molar-refractivity contribution in [1.82, 2.24) is 9.36 Å². The fraction of sp³-hybridized carbons (Fsp3) is 0.385. The van der Waals surface area contributed by atoms with E-state index in [1.165, 1.54) is 11.5 Å². The first-order valence-corrected chi connectivity index (χ1v) is 6.52. The number of nitrogen functional groups attached to an aromatic ring is 1. The molecule has 1 heterocycles. The molecule has 96 valence electrons. The number of ether oxygens (including phenoxy) is 1. The van der Waals surface area contributed by atoms with Crippen LogP contribution in [0.15, 0.2) is 18.2 Å². The summed E-state index contributed by atoms with van der Waals surface area (Å²) < 4.78 is 9.99. The van der Waals surface area contributed by atoms with Crippen molar-refractivity contribution >= 4 is 17.2 Å². The van der Waals surface area contributed by atoms with Crippen LogP contribution in [0.1, 0.15) is 32.2 Å². The van der Waals surface area contributed by atoms with E-state index in [4.69, 9.17) is 10.5 Å². The minimum absolute atomic E-state index is 0.0732. The minimum Gasteiger partial charge on any atom is -0.428 e. The van der Waals surface area contributed by atoms with Crippen LogP contribution < -0.4 is 10.5 Å². The van der Waals surface area contributed by atoms with Gasteiger partial charge in [0.05, 0.1) is 5.69 Å². The van der Waals surface area contributed by atoms with E-state index in [0.29, 0.717) is 16.6 Å². The molecule has 0 saturated carbocycles. The van der Waals surface area contributed by atoms with Crippen molar-refractivity contribution in [2.45, 2.75) is 33.1 Å².